The van der Waals surface area contributed by atoms with Crippen LogP contribution in [0.2, 0.25) is 5.15 Å². The maximum atomic E-state index is 12.7. The van der Waals surface area contributed by atoms with Crippen molar-refractivity contribution in [1.29, 1.82) is 5.26 Å². The number of methoxy groups -OCH3 is 2. The highest BCUT2D eigenvalue weighted by Crippen LogP contribution is 2.27. The van der Waals surface area contributed by atoms with Crippen LogP contribution in [0.5, 0.6) is 0 Å². The van der Waals surface area contributed by atoms with Crippen molar-refractivity contribution in [2.75, 3.05) is 31.5 Å². The van der Waals surface area contributed by atoms with Gasteiger partial charge < -0.3 is 20.1 Å². The average molecular weight is 469 g/mol. The molecule has 4 aromatic heterocycles. The number of pyridine rings is 1. The Labute approximate surface area is 191 Å². The fourth-order valence-corrected chi connectivity index (χ4v) is 3.29. The van der Waals surface area contributed by atoms with Crippen LogP contribution in [-0.4, -0.2) is 61.4 Å². The summed E-state index contributed by atoms with van der Waals surface area (Å²) in [6.07, 6.45) is 5.22. The Hall–Kier alpha value is -4.12. The van der Waals surface area contributed by atoms with E-state index in [1.165, 1.54) is 54.4 Å². The highest BCUT2D eigenvalue weighted by atomic mass is 35.5. The van der Waals surface area contributed by atoms with Crippen molar-refractivity contribution in [3.63, 3.8) is 0 Å². The summed E-state index contributed by atoms with van der Waals surface area (Å²) >= 11 is 6.04. The third-order valence-corrected chi connectivity index (χ3v) is 4.68. The third kappa shape index (κ3) is 4.58. The minimum absolute atomic E-state index is 0.179. The smallest absolute Gasteiger partial charge is 0.323 e. The maximum Gasteiger partial charge on any atom is 0.323 e. The number of fused-ring (bicyclic) bond motifs is 1. The van der Waals surface area contributed by atoms with Crippen LogP contribution in [-0.2, 0) is 9.47 Å². The molecule has 1 atom stereocenters. The van der Waals surface area contributed by atoms with Gasteiger partial charge in [0.25, 0.3) is 0 Å². The highest BCUT2D eigenvalue weighted by Gasteiger charge is 2.22. The molecule has 0 radical (unpaired) electrons. The van der Waals surface area contributed by atoms with Crippen molar-refractivity contribution in [2.24, 2.45) is 0 Å². The van der Waals surface area contributed by atoms with E-state index >= 15 is 0 Å². The highest BCUT2D eigenvalue weighted by molar-refractivity contribution is 6.29. The fourth-order valence-electron chi connectivity index (χ4n) is 3.12. The monoisotopic (exact) mass is 468 g/mol. The first-order valence-corrected chi connectivity index (χ1v) is 9.82. The van der Waals surface area contributed by atoms with Crippen LogP contribution in [0.4, 0.5) is 16.2 Å². The lowest BCUT2D eigenvalue weighted by atomic mass is 10.2. The molecular formula is C19H17ClN10O3. The molecule has 0 bridgehead atoms. The topological polar surface area (TPSA) is 157 Å². The number of nitrogens with one attached hydrogen (secondary N) is 2. The van der Waals surface area contributed by atoms with Gasteiger partial charge in [-0.1, -0.05) is 11.6 Å². The van der Waals surface area contributed by atoms with E-state index < -0.39 is 12.1 Å². The Morgan fingerprint density at radius 1 is 1.21 bits per heavy atom. The van der Waals surface area contributed by atoms with Gasteiger partial charge in [-0.3, -0.25) is 0 Å². The number of anilines is 2. The number of carbonyl (C=O) groups is 1. The van der Waals surface area contributed by atoms with Gasteiger partial charge in [-0.15, -0.1) is 4.80 Å². The standard InChI is InChI=1S/C19H17ClN10O3/c1-32-10-14(33-2)17-13(9-22-16-6-15(20)28-29(16)17)27-19(31)26-12-5-11(7-21)18(23-8-12)30-24-3-4-25-30/h3-6,8-9,14H,10H2,1-2H3,(H2,26,27,31). The molecule has 0 aliphatic heterocycles. The van der Waals surface area contributed by atoms with E-state index in [1.807, 2.05) is 6.07 Å². The molecule has 33 heavy (non-hydrogen) atoms. The number of halogens is 1. The summed E-state index contributed by atoms with van der Waals surface area (Å²) in [7, 11) is 3.04. The quantitative estimate of drug-likeness (QED) is 0.414. The van der Waals surface area contributed by atoms with Crippen LogP contribution < -0.4 is 10.6 Å². The number of carbonyl (C=O) groups excluding carboxylic acids is 1. The Balaban J connectivity index is 1.61. The molecule has 168 valence electrons. The van der Waals surface area contributed by atoms with Gasteiger partial charge in [-0.2, -0.15) is 20.6 Å². The van der Waals surface area contributed by atoms with E-state index in [9.17, 15) is 10.1 Å². The van der Waals surface area contributed by atoms with Gasteiger partial charge in [0.05, 0.1) is 42.8 Å². The number of nitrogens with zero attached hydrogens (tertiary/aromatic N) is 8. The zero-order valence-corrected chi connectivity index (χ0v) is 18.2. The molecule has 4 aromatic rings. The second-order valence-electron chi connectivity index (χ2n) is 6.58. The van der Waals surface area contributed by atoms with Crippen LogP contribution >= 0.6 is 11.6 Å². The lowest BCUT2D eigenvalue weighted by Gasteiger charge is -2.19. The van der Waals surface area contributed by atoms with Crippen LogP contribution in [0, 0.1) is 11.3 Å². The van der Waals surface area contributed by atoms with Gasteiger partial charge in [0, 0.05) is 20.3 Å². The second-order valence-corrected chi connectivity index (χ2v) is 6.97. The van der Waals surface area contributed by atoms with Gasteiger partial charge in [-0.05, 0) is 6.07 Å². The molecule has 4 rings (SSSR count). The van der Waals surface area contributed by atoms with Gasteiger partial charge in [0.15, 0.2) is 16.6 Å². The lowest BCUT2D eigenvalue weighted by molar-refractivity contribution is 0.0241. The van der Waals surface area contributed by atoms with Crippen molar-refractivity contribution < 1.29 is 14.3 Å². The maximum absolute atomic E-state index is 12.7. The van der Waals surface area contributed by atoms with Crippen molar-refractivity contribution in [1.82, 2.24) is 34.6 Å². The second kappa shape index (κ2) is 9.57. The van der Waals surface area contributed by atoms with Crippen LogP contribution in [0.3, 0.4) is 0 Å². The Bertz CT molecular complexity index is 1330. The third-order valence-electron chi connectivity index (χ3n) is 4.50. The number of urea groups is 1. The van der Waals surface area contributed by atoms with E-state index in [-0.39, 0.29) is 28.8 Å². The van der Waals surface area contributed by atoms with Gasteiger partial charge in [-0.25, -0.2) is 19.3 Å². The number of hydrogen-bond acceptors (Lipinski definition) is 9. The van der Waals surface area contributed by atoms with Crippen LogP contribution in [0.1, 0.15) is 17.4 Å². The normalized spacial score (nSPS) is 11.8. The predicted octanol–water partition coefficient (Wildman–Crippen LogP) is 2.21. The summed E-state index contributed by atoms with van der Waals surface area (Å²) in [6, 6.07) is 4.46. The molecule has 14 heteroatoms. The number of aromatic nitrogens is 7. The number of nitriles is 1. The van der Waals surface area contributed by atoms with Crippen molar-refractivity contribution in [3.8, 4) is 11.9 Å². The minimum Gasteiger partial charge on any atom is -0.382 e. The SMILES string of the molecule is COCC(OC)c1c(NC(=O)Nc2cnc(-n3nccn3)c(C#N)c2)cnc2cc(Cl)nn12. The van der Waals surface area contributed by atoms with Crippen molar-refractivity contribution in [3.05, 3.63) is 53.3 Å². The number of hydrogen-bond donors (Lipinski definition) is 2. The van der Waals surface area contributed by atoms with Gasteiger partial charge >= 0.3 is 6.03 Å². The molecule has 0 spiro atoms. The summed E-state index contributed by atoms with van der Waals surface area (Å²) < 4.78 is 12.2. The molecule has 1 unspecified atom stereocenters. The molecule has 0 aromatic carbocycles. The first-order valence-electron chi connectivity index (χ1n) is 9.44. The summed E-state index contributed by atoms with van der Waals surface area (Å²) in [5.41, 5.74) is 1.76. The number of ether oxygens (including phenoxy) is 2. The lowest BCUT2D eigenvalue weighted by Crippen LogP contribution is -2.24. The van der Waals surface area contributed by atoms with Gasteiger partial charge in [0.1, 0.15) is 23.4 Å². The van der Waals surface area contributed by atoms with Crippen LogP contribution in [0.25, 0.3) is 11.5 Å². The molecular weight excluding hydrogens is 452 g/mol. The summed E-state index contributed by atoms with van der Waals surface area (Å²) in [6.45, 7) is 0.196. The predicted molar refractivity (Wildman–Crippen MR) is 116 cm³/mol. The van der Waals surface area contributed by atoms with E-state index in [1.54, 1.807) is 6.07 Å². The van der Waals surface area contributed by atoms with Crippen molar-refractivity contribution in [2.45, 2.75) is 6.10 Å². The number of amides is 2. The van der Waals surface area contributed by atoms with Crippen LogP contribution in [0.15, 0.2) is 36.9 Å². The average Bonchev–Trinajstić information content (AvgIpc) is 3.47. The summed E-state index contributed by atoms with van der Waals surface area (Å²) in [5, 5.41) is 27.2. The molecule has 0 fully saturated rings. The largest absolute Gasteiger partial charge is 0.382 e. The van der Waals surface area contributed by atoms with E-state index in [0.717, 1.165) is 0 Å². The van der Waals surface area contributed by atoms with Gasteiger partial charge in [0.2, 0.25) is 0 Å². The molecule has 0 saturated heterocycles. The minimum atomic E-state index is -0.599. The van der Waals surface area contributed by atoms with E-state index in [2.05, 4.69) is 35.9 Å². The van der Waals surface area contributed by atoms with Crippen molar-refractivity contribution >= 4 is 34.7 Å². The molecule has 0 aliphatic carbocycles. The Morgan fingerprint density at radius 2 is 2.00 bits per heavy atom. The molecule has 0 saturated carbocycles. The fraction of sp³-hybridized carbons (Fsp3) is 0.211. The first-order chi connectivity index (χ1) is 16.0. The summed E-state index contributed by atoms with van der Waals surface area (Å²) in [4.78, 5) is 22.4. The first kappa shape index (κ1) is 22.1. The molecule has 2 N–H and O–H groups in total. The molecule has 0 aliphatic rings. The zero-order valence-electron chi connectivity index (χ0n) is 17.4. The van der Waals surface area contributed by atoms with E-state index in [4.69, 9.17) is 21.1 Å². The van der Waals surface area contributed by atoms with E-state index in [0.29, 0.717) is 17.0 Å². The molecule has 2 amide bonds. The summed E-state index contributed by atoms with van der Waals surface area (Å²) in [5.74, 6) is 0.239. The molecule has 4 heterocycles. The Morgan fingerprint density at radius 3 is 2.70 bits per heavy atom. The number of rotatable bonds is 7. The zero-order chi connectivity index (χ0) is 23.4. The molecule has 13 nitrogen and oxygen atoms in total. The Kier molecular flexibility index (Phi) is 6.41.